The largest absolute Gasteiger partial charge is 0.240 e. The molecule has 0 saturated heterocycles. The number of allylic oxidation sites excluding steroid dienone is 2. The fraction of sp³-hybridized carbons (Fsp3) is 0.167. The third kappa shape index (κ3) is 2.11. The Bertz CT molecular complexity index is 209. The van der Waals surface area contributed by atoms with Crippen LogP contribution in [0.3, 0.4) is 0 Å². The molecule has 0 atom stereocenters. The zero-order valence-electron chi connectivity index (χ0n) is 4.93. The van der Waals surface area contributed by atoms with Gasteiger partial charge in [0, 0.05) is 15.9 Å². The number of hydrogen-bond acceptors (Lipinski definition) is 2. The van der Waals surface area contributed by atoms with Gasteiger partial charge in [0.2, 0.25) is 0 Å². The van der Waals surface area contributed by atoms with Gasteiger partial charge in [-0.1, -0.05) is 0 Å². The number of nitrogens with zero attached hydrogens (tertiary/aromatic N) is 2. The van der Waals surface area contributed by atoms with Crippen molar-refractivity contribution in [2.75, 3.05) is 0 Å². The minimum Gasteiger partial charge on any atom is -0.240 e. The van der Waals surface area contributed by atoms with Crippen molar-refractivity contribution in [2.24, 2.45) is 9.98 Å². The van der Waals surface area contributed by atoms with E-state index < -0.39 is 0 Å². The first-order valence-corrected chi connectivity index (χ1v) is 3.56. The minimum atomic E-state index is 0.748. The van der Waals surface area contributed by atoms with E-state index in [4.69, 9.17) is 0 Å². The third-order valence-electron chi connectivity index (χ3n) is 0.804. The number of rotatable bonds is 0. The van der Waals surface area contributed by atoms with Gasteiger partial charge in [-0.25, -0.2) is 4.99 Å². The van der Waals surface area contributed by atoms with Crippen LogP contribution in [0.2, 0.25) is 0 Å². The summed E-state index contributed by atoms with van der Waals surface area (Å²) in [7, 11) is 0. The Morgan fingerprint density at radius 3 is 3.22 bits per heavy atom. The first kappa shape index (κ1) is 6.71. The summed E-state index contributed by atoms with van der Waals surface area (Å²) in [6, 6.07) is 0. The smallest absolute Gasteiger partial charge is 0.135 e. The van der Waals surface area contributed by atoms with Crippen LogP contribution in [0.5, 0.6) is 0 Å². The zero-order valence-corrected chi connectivity index (χ0v) is 7.08. The van der Waals surface area contributed by atoms with Gasteiger partial charge in [-0.15, -0.1) is 0 Å². The molecule has 0 spiro atoms. The quantitative estimate of drug-likeness (QED) is 0.570. The molecule has 1 aliphatic rings. The molecule has 0 amide bonds. The first-order valence-electron chi connectivity index (χ1n) is 2.48. The van der Waals surface area contributed by atoms with E-state index in [1.807, 2.05) is 6.92 Å². The summed E-state index contributed by atoms with van der Waals surface area (Å²) in [4.78, 5) is 7.85. The molecule has 2 nitrogen and oxygen atoms in total. The maximum Gasteiger partial charge on any atom is 0.135 e. The molecular weight excluding hydrogens is 227 g/mol. The lowest BCUT2D eigenvalue weighted by atomic mass is 10.6. The Balaban J connectivity index is 3.00. The summed E-state index contributed by atoms with van der Waals surface area (Å²) < 4.78 is 1.05. The topological polar surface area (TPSA) is 24.7 Å². The van der Waals surface area contributed by atoms with Crippen molar-refractivity contribution in [1.82, 2.24) is 0 Å². The van der Waals surface area contributed by atoms with Crippen LogP contribution in [-0.2, 0) is 0 Å². The molecule has 0 aromatic carbocycles. The van der Waals surface area contributed by atoms with Crippen molar-refractivity contribution in [3.63, 3.8) is 0 Å². The molecule has 46 valence electrons. The average molecular weight is 232 g/mol. The Labute approximate surface area is 67.2 Å². The normalized spacial score (nSPS) is 16.7. The van der Waals surface area contributed by atoms with Gasteiger partial charge >= 0.3 is 0 Å². The molecule has 0 radical (unpaired) electrons. The van der Waals surface area contributed by atoms with Crippen molar-refractivity contribution in [2.45, 2.75) is 6.92 Å². The van der Waals surface area contributed by atoms with Gasteiger partial charge in [-0.3, -0.25) is 0 Å². The van der Waals surface area contributed by atoms with E-state index in [-0.39, 0.29) is 0 Å². The summed E-state index contributed by atoms with van der Waals surface area (Å²) in [5, 5.41) is 0. The number of halogens is 1. The van der Waals surface area contributed by atoms with E-state index in [1.54, 1.807) is 12.3 Å². The molecule has 0 saturated carbocycles. The van der Waals surface area contributed by atoms with Crippen molar-refractivity contribution < 1.29 is 0 Å². The number of aliphatic imine (C=N–C) groups is 2. The Hall–Kier alpha value is -0.410. The van der Waals surface area contributed by atoms with Gasteiger partial charge in [-0.2, -0.15) is 4.99 Å². The van der Waals surface area contributed by atoms with Crippen molar-refractivity contribution >= 4 is 34.3 Å². The van der Waals surface area contributed by atoms with Crippen LogP contribution < -0.4 is 0 Å². The van der Waals surface area contributed by atoms with Crippen molar-refractivity contribution in [1.29, 1.82) is 0 Å². The third-order valence-corrected chi connectivity index (χ3v) is 1.39. The summed E-state index contributed by atoms with van der Waals surface area (Å²) in [6.07, 6.45) is 3.56. The average Bonchev–Trinajstić information content (AvgIpc) is 1.97. The van der Waals surface area contributed by atoms with E-state index in [1.165, 1.54) is 0 Å². The van der Waals surface area contributed by atoms with Crippen LogP contribution in [0.25, 0.3) is 0 Å². The fourth-order valence-electron chi connectivity index (χ4n) is 0.409. The minimum absolute atomic E-state index is 0.748. The van der Waals surface area contributed by atoms with Gasteiger partial charge in [0.05, 0.1) is 0 Å². The molecule has 0 aromatic rings. The van der Waals surface area contributed by atoms with Crippen LogP contribution in [0.15, 0.2) is 25.8 Å². The molecule has 9 heavy (non-hydrogen) atoms. The second-order valence-corrected chi connectivity index (χ2v) is 2.82. The lowest BCUT2D eigenvalue weighted by Gasteiger charge is -1.79. The lowest BCUT2D eigenvalue weighted by molar-refractivity contribution is 1.48. The molecule has 0 bridgehead atoms. The van der Waals surface area contributed by atoms with Gasteiger partial charge in [-0.05, 0) is 35.4 Å². The van der Waals surface area contributed by atoms with Gasteiger partial charge in [0.1, 0.15) is 5.84 Å². The van der Waals surface area contributed by atoms with Gasteiger partial charge in [0.25, 0.3) is 0 Å². The maximum atomic E-state index is 3.99. The summed E-state index contributed by atoms with van der Waals surface area (Å²) in [6.45, 7) is 1.84. The molecular formula is C6H5IN2. The molecule has 1 rings (SSSR count). The predicted molar refractivity (Wildman–Crippen MR) is 47.2 cm³/mol. The second-order valence-electron chi connectivity index (χ2n) is 1.58. The van der Waals surface area contributed by atoms with Gasteiger partial charge in [0.15, 0.2) is 0 Å². The molecule has 0 N–H and O–H groups in total. The zero-order chi connectivity index (χ0) is 6.69. The van der Waals surface area contributed by atoms with E-state index in [9.17, 15) is 0 Å². The molecule has 0 unspecified atom stereocenters. The van der Waals surface area contributed by atoms with Crippen LogP contribution in [0, 0.1) is 0 Å². The van der Waals surface area contributed by atoms with Crippen LogP contribution in [0.4, 0.5) is 0 Å². The molecule has 3 heteroatoms. The molecule has 0 fully saturated rings. The highest BCUT2D eigenvalue weighted by molar-refractivity contribution is 14.1. The predicted octanol–water partition coefficient (Wildman–Crippen LogP) is 1.92. The molecule has 1 aliphatic heterocycles. The Morgan fingerprint density at radius 1 is 1.67 bits per heavy atom. The fourth-order valence-corrected chi connectivity index (χ4v) is 0.687. The van der Waals surface area contributed by atoms with Gasteiger partial charge < -0.3 is 0 Å². The van der Waals surface area contributed by atoms with Crippen molar-refractivity contribution in [3.05, 3.63) is 15.9 Å². The van der Waals surface area contributed by atoms with Crippen LogP contribution in [-0.4, -0.2) is 11.7 Å². The highest BCUT2D eigenvalue weighted by atomic mass is 127. The Morgan fingerprint density at radius 2 is 2.44 bits per heavy atom. The van der Waals surface area contributed by atoms with E-state index >= 15 is 0 Å². The van der Waals surface area contributed by atoms with E-state index in [0.717, 1.165) is 9.42 Å². The summed E-state index contributed by atoms with van der Waals surface area (Å²) in [5.41, 5.74) is 0. The SMILES string of the molecule is CC1=NC=C(I)C=C=N1. The number of hydrogen-bond donors (Lipinski definition) is 0. The standard InChI is InChI=1S/C6H5IN2/c1-5-8-3-2-6(7)4-9-5/h2,4H,1H3. The van der Waals surface area contributed by atoms with Crippen molar-refractivity contribution in [3.8, 4) is 0 Å². The molecule has 1 heterocycles. The first-order chi connectivity index (χ1) is 4.29. The number of amidine groups is 1. The summed E-state index contributed by atoms with van der Waals surface area (Å²) >= 11 is 2.17. The monoisotopic (exact) mass is 232 g/mol. The maximum absolute atomic E-state index is 3.99. The molecule has 0 aliphatic carbocycles. The van der Waals surface area contributed by atoms with E-state index in [0.29, 0.717) is 0 Å². The van der Waals surface area contributed by atoms with Crippen LogP contribution >= 0.6 is 22.6 Å². The highest BCUT2D eigenvalue weighted by Gasteiger charge is 1.86. The Kier molecular flexibility index (Phi) is 2.19. The van der Waals surface area contributed by atoms with E-state index in [2.05, 4.69) is 38.4 Å². The summed E-state index contributed by atoms with van der Waals surface area (Å²) in [5.74, 6) is 3.49. The second kappa shape index (κ2) is 2.94. The molecule has 0 aromatic heterocycles. The highest BCUT2D eigenvalue weighted by Crippen LogP contribution is 2.06. The van der Waals surface area contributed by atoms with Crippen LogP contribution in [0.1, 0.15) is 6.92 Å². The lowest BCUT2D eigenvalue weighted by Crippen LogP contribution is -1.78.